The number of anilines is 1. The zero-order valence-corrected chi connectivity index (χ0v) is 14.1. The molecule has 25 heavy (non-hydrogen) atoms. The minimum Gasteiger partial charge on any atom is -0.324 e. The van der Waals surface area contributed by atoms with Crippen LogP contribution in [-0.2, 0) is 0 Å². The van der Waals surface area contributed by atoms with Crippen molar-refractivity contribution in [1.82, 2.24) is 20.2 Å². The van der Waals surface area contributed by atoms with E-state index in [9.17, 15) is 4.79 Å². The fraction of sp³-hybridized carbons (Fsp3) is 0.333. The van der Waals surface area contributed by atoms with E-state index in [2.05, 4.69) is 26.7 Å². The molecule has 3 rings (SSSR count). The van der Waals surface area contributed by atoms with Crippen LogP contribution in [0.5, 0.6) is 0 Å². The molecule has 0 atom stereocenters. The van der Waals surface area contributed by atoms with Crippen LogP contribution in [-0.4, -0.2) is 47.1 Å². The molecule has 0 aliphatic carbocycles. The number of hydrogen-bond donors (Lipinski definition) is 2. The number of carbonyl (C=O) groups excluding carboxylic acids is 1. The third-order valence-corrected chi connectivity index (χ3v) is 4.35. The number of nitrogens with one attached hydrogen (secondary N) is 2. The van der Waals surface area contributed by atoms with Crippen LogP contribution in [0.15, 0.2) is 36.7 Å². The molecule has 0 bridgehead atoms. The number of benzene rings is 1. The summed E-state index contributed by atoms with van der Waals surface area (Å²) in [6.45, 7) is 1.86. The van der Waals surface area contributed by atoms with Crippen molar-refractivity contribution in [3.8, 4) is 17.3 Å². The quantitative estimate of drug-likeness (QED) is 0.896. The van der Waals surface area contributed by atoms with Gasteiger partial charge in [0.25, 0.3) is 0 Å². The van der Waals surface area contributed by atoms with Crippen LogP contribution in [0, 0.1) is 11.3 Å². The number of rotatable bonds is 3. The average molecular weight is 336 g/mol. The number of nitrogens with zero attached hydrogens (tertiary/aromatic N) is 4. The van der Waals surface area contributed by atoms with Gasteiger partial charge in [0.2, 0.25) is 0 Å². The predicted octanol–water partition coefficient (Wildman–Crippen LogP) is 2.23. The summed E-state index contributed by atoms with van der Waals surface area (Å²) in [7, 11) is 1.81. The first-order valence-corrected chi connectivity index (χ1v) is 8.24. The fourth-order valence-corrected chi connectivity index (χ4v) is 2.85. The van der Waals surface area contributed by atoms with Crippen LogP contribution in [0.25, 0.3) is 11.3 Å². The van der Waals surface area contributed by atoms with Crippen molar-refractivity contribution < 1.29 is 4.79 Å². The molecule has 1 fully saturated rings. The van der Waals surface area contributed by atoms with E-state index in [1.807, 2.05) is 6.07 Å². The summed E-state index contributed by atoms with van der Waals surface area (Å²) < 4.78 is 0. The Balaban J connectivity index is 1.66. The SMILES string of the molecule is CN(C(=O)Nc1cnc(-c2cccc(C#N)c2)cn1)C1CCNCC1. The van der Waals surface area contributed by atoms with Crippen molar-refractivity contribution in [3.63, 3.8) is 0 Å². The van der Waals surface area contributed by atoms with Gasteiger partial charge in [-0.05, 0) is 38.1 Å². The summed E-state index contributed by atoms with van der Waals surface area (Å²) in [5, 5.41) is 15.0. The molecule has 0 spiro atoms. The molecule has 128 valence electrons. The number of aromatic nitrogens is 2. The molecule has 2 N–H and O–H groups in total. The van der Waals surface area contributed by atoms with Crippen molar-refractivity contribution in [2.45, 2.75) is 18.9 Å². The molecule has 0 saturated carbocycles. The van der Waals surface area contributed by atoms with E-state index in [1.54, 1.807) is 36.3 Å². The number of hydrogen-bond acceptors (Lipinski definition) is 5. The summed E-state index contributed by atoms with van der Waals surface area (Å²) >= 11 is 0. The average Bonchev–Trinajstić information content (AvgIpc) is 2.68. The molecular formula is C18H20N6O. The lowest BCUT2D eigenvalue weighted by molar-refractivity contribution is 0.189. The highest BCUT2D eigenvalue weighted by Crippen LogP contribution is 2.18. The smallest absolute Gasteiger partial charge is 0.323 e. The Kier molecular flexibility index (Phi) is 5.21. The highest BCUT2D eigenvalue weighted by molar-refractivity contribution is 5.88. The molecule has 1 aliphatic heterocycles. The largest absolute Gasteiger partial charge is 0.324 e. The maximum Gasteiger partial charge on any atom is 0.323 e. The molecule has 7 heteroatoms. The maximum atomic E-state index is 12.3. The van der Waals surface area contributed by atoms with Gasteiger partial charge in [-0.1, -0.05) is 12.1 Å². The van der Waals surface area contributed by atoms with Crippen LogP contribution in [0.4, 0.5) is 10.6 Å². The van der Waals surface area contributed by atoms with Crippen LogP contribution in [0.2, 0.25) is 0 Å². The Morgan fingerprint density at radius 3 is 2.80 bits per heavy atom. The minimum atomic E-state index is -0.180. The molecule has 0 unspecified atom stereocenters. The van der Waals surface area contributed by atoms with Gasteiger partial charge in [0.1, 0.15) is 0 Å². The van der Waals surface area contributed by atoms with Crippen LogP contribution >= 0.6 is 0 Å². The molecule has 1 saturated heterocycles. The standard InChI is InChI=1S/C18H20N6O/c1-24(15-5-7-20-8-6-15)18(25)23-17-12-21-16(11-22-17)14-4-2-3-13(9-14)10-19/h2-4,9,11-12,15,20H,5-8H2,1H3,(H,22,23,25). The Hall–Kier alpha value is -2.98. The topological polar surface area (TPSA) is 93.9 Å². The van der Waals surface area contributed by atoms with Crippen molar-refractivity contribution in [1.29, 1.82) is 5.26 Å². The summed E-state index contributed by atoms with van der Waals surface area (Å²) in [5.74, 6) is 0.408. The zero-order chi connectivity index (χ0) is 17.6. The monoisotopic (exact) mass is 336 g/mol. The van der Waals surface area contributed by atoms with E-state index in [1.165, 1.54) is 6.20 Å². The summed E-state index contributed by atoms with van der Waals surface area (Å²) in [6, 6.07) is 9.33. The molecule has 1 aromatic carbocycles. The lowest BCUT2D eigenvalue weighted by atomic mass is 10.1. The molecule has 1 aliphatic rings. The summed E-state index contributed by atoms with van der Waals surface area (Å²) in [6.07, 6.45) is 5.02. The van der Waals surface area contributed by atoms with E-state index in [-0.39, 0.29) is 12.1 Å². The molecule has 7 nitrogen and oxygen atoms in total. The number of carbonyl (C=O) groups is 1. The highest BCUT2D eigenvalue weighted by Gasteiger charge is 2.22. The second kappa shape index (κ2) is 7.73. The van der Waals surface area contributed by atoms with Gasteiger partial charge in [-0.2, -0.15) is 5.26 Å². The second-order valence-electron chi connectivity index (χ2n) is 6.00. The van der Waals surface area contributed by atoms with Crippen LogP contribution in [0.1, 0.15) is 18.4 Å². The lowest BCUT2D eigenvalue weighted by Crippen LogP contribution is -2.45. The third-order valence-electron chi connectivity index (χ3n) is 4.35. The number of urea groups is 1. The molecular weight excluding hydrogens is 316 g/mol. The van der Waals surface area contributed by atoms with Gasteiger partial charge < -0.3 is 10.2 Å². The zero-order valence-electron chi connectivity index (χ0n) is 14.1. The Bertz CT molecular complexity index is 777. The Labute approximate surface area is 146 Å². The second-order valence-corrected chi connectivity index (χ2v) is 6.00. The molecule has 1 aromatic heterocycles. The van der Waals surface area contributed by atoms with E-state index in [0.29, 0.717) is 17.1 Å². The van der Waals surface area contributed by atoms with Gasteiger partial charge in [-0.15, -0.1) is 0 Å². The van der Waals surface area contributed by atoms with Crippen LogP contribution < -0.4 is 10.6 Å². The molecule has 2 amide bonds. The molecule has 2 aromatic rings. The van der Waals surface area contributed by atoms with Gasteiger partial charge in [0.15, 0.2) is 5.82 Å². The summed E-state index contributed by atoms with van der Waals surface area (Å²) in [5.41, 5.74) is 2.04. The molecule has 2 heterocycles. The first-order chi connectivity index (χ1) is 12.2. The predicted molar refractivity (Wildman–Crippen MR) is 94.9 cm³/mol. The fourth-order valence-electron chi connectivity index (χ4n) is 2.85. The minimum absolute atomic E-state index is 0.180. The summed E-state index contributed by atoms with van der Waals surface area (Å²) in [4.78, 5) is 22.7. The first kappa shape index (κ1) is 16.9. The van der Waals surface area contributed by atoms with Crippen LogP contribution in [0.3, 0.4) is 0 Å². The van der Waals surface area contributed by atoms with Gasteiger partial charge >= 0.3 is 6.03 Å². The third kappa shape index (κ3) is 4.11. The normalized spacial score (nSPS) is 14.6. The van der Waals surface area contributed by atoms with Gasteiger partial charge in [0.05, 0.1) is 29.7 Å². The first-order valence-electron chi connectivity index (χ1n) is 8.24. The highest BCUT2D eigenvalue weighted by atomic mass is 16.2. The lowest BCUT2D eigenvalue weighted by Gasteiger charge is -2.31. The number of amides is 2. The number of nitriles is 1. The molecule has 0 radical (unpaired) electrons. The van der Waals surface area contributed by atoms with Crippen molar-refractivity contribution >= 4 is 11.8 Å². The van der Waals surface area contributed by atoms with Crippen molar-refractivity contribution in [2.24, 2.45) is 0 Å². The van der Waals surface area contributed by atoms with E-state index < -0.39 is 0 Å². The Morgan fingerprint density at radius 2 is 2.12 bits per heavy atom. The van der Waals surface area contributed by atoms with E-state index >= 15 is 0 Å². The van der Waals surface area contributed by atoms with Gasteiger partial charge in [0, 0.05) is 18.7 Å². The van der Waals surface area contributed by atoms with E-state index in [0.717, 1.165) is 31.5 Å². The van der Waals surface area contributed by atoms with Gasteiger partial charge in [-0.3, -0.25) is 10.3 Å². The Morgan fingerprint density at radius 1 is 1.32 bits per heavy atom. The maximum absolute atomic E-state index is 12.3. The van der Waals surface area contributed by atoms with Crippen molar-refractivity contribution in [2.75, 3.05) is 25.5 Å². The number of piperidine rings is 1. The van der Waals surface area contributed by atoms with Crippen molar-refractivity contribution in [3.05, 3.63) is 42.2 Å². The van der Waals surface area contributed by atoms with E-state index in [4.69, 9.17) is 5.26 Å². The van der Waals surface area contributed by atoms with Gasteiger partial charge in [-0.25, -0.2) is 9.78 Å².